The van der Waals surface area contributed by atoms with Crippen LogP contribution in [0.25, 0.3) is 20.8 Å². The Labute approximate surface area is 102 Å². The highest BCUT2D eigenvalue weighted by Gasteiger charge is 2.29. The topological polar surface area (TPSA) is 25.1 Å². The van der Waals surface area contributed by atoms with Gasteiger partial charge in [-0.2, -0.15) is 0 Å². The van der Waals surface area contributed by atoms with E-state index in [1.54, 1.807) is 11.3 Å². The minimum absolute atomic E-state index is 0.874. The highest BCUT2D eigenvalue weighted by molar-refractivity contribution is 7.21. The van der Waals surface area contributed by atoms with E-state index in [0.717, 1.165) is 16.8 Å². The van der Waals surface area contributed by atoms with E-state index in [1.807, 2.05) is 28.9 Å². The highest BCUT2D eigenvalue weighted by Crippen LogP contribution is 2.35. The molecule has 0 atom stereocenters. The highest BCUT2D eigenvalue weighted by atomic mass is 32.1. The Morgan fingerprint density at radius 2 is 1.82 bits per heavy atom. The number of nitrogens with zero attached hydrogens (tertiary/aromatic N) is 1. The molecule has 4 rings (SSSR count). The van der Waals surface area contributed by atoms with Crippen LogP contribution < -0.4 is 15.1 Å². The minimum atomic E-state index is 0.874. The van der Waals surface area contributed by atoms with Crippen molar-refractivity contribution in [2.24, 2.45) is 0 Å². The first-order chi connectivity index (χ1) is 8.43. The number of hydrogen-bond acceptors (Lipinski definition) is 3. The molecule has 1 aromatic heterocycles. The molecule has 3 nitrogen and oxygen atoms in total. The molecule has 0 spiro atoms. The fourth-order valence-electron chi connectivity index (χ4n) is 2.08. The maximum Gasteiger partial charge on any atom is 0.306 e. The Hall–Kier alpha value is -2.07. The minimum Gasteiger partial charge on any atom is -0.333 e. The van der Waals surface area contributed by atoms with Gasteiger partial charge in [0.1, 0.15) is 10.3 Å². The number of hydrogen-bond donors (Lipinski definition) is 1. The van der Waals surface area contributed by atoms with Crippen LogP contribution in [0.2, 0.25) is 0 Å². The maximum atomic E-state index is 5.54. The summed E-state index contributed by atoms with van der Waals surface area (Å²) in [5, 5.41) is 1.17. The van der Waals surface area contributed by atoms with Gasteiger partial charge >= 0.3 is 5.01 Å². The van der Waals surface area contributed by atoms with Gasteiger partial charge in [-0.25, -0.2) is 0 Å². The van der Waals surface area contributed by atoms with Crippen molar-refractivity contribution < 1.29 is 9.51 Å². The Kier molecular flexibility index (Phi) is 1.70. The first kappa shape index (κ1) is 9.01. The van der Waals surface area contributed by atoms with Crippen LogP contribution in [0.4, 0.5) is 0 Å². The molecule has 1 aliphatic rings. The summed E-state index contributed by atoms with van der Waals surface area (Å²) in [7, 11) is 0. The second-order valence-corrected chi connectivity index (χ2v) is 4.93. The predicted octanol–water partition coefficient (Wildman–Crippen LogP) is 2.71. The van der Waals surface area contributed by atoms with Crippen LogP contribution in [-0.2, 0) is 0 Å². The molecular formula is C13H9N2OS+. The first-order valence-electron chi connectivity index (χ1n) is 5.39. The summed E-state index contributed by atoms with van der Waals surface area (Å²) in [5.74, 6) is 0.874. The summed E-state index contributed by atoms with van der Waals surface area (Å²) in [6, 6.07) is 16.3. The lowest BCUT2D eigenvalue weighted by Crippen LogP contribution is -2.49. The third kappa shape index (κ3) is 1.18. The molecule has 1 N–H and O–H groups in total. The lowest BCUT2D eigenvalue weighted by atomic mass is 10.2. The molecule has 0 bridgehead atoms. The number of fused-ring (bicyclic) bond motifs is 5. The zero-order valence-corrected chi connectivity index (χ0v) is 9.70. The molecule has 0 aliphatic carbocycles. The molecule has 1 aliphatic heterocycles. The fraction of sp³-hybridized carbons (Fsp3) is 0. The standard InChI is InChI=1S/C13H9N2OS/c1-3-7-11-9(5-1)13-15(14-16-11)10-6-2-4-8-12(10)17-13/h1-8,14H/q+1. The normalized spacial score (nSPS) is 12.5. The molecule has 4 heteroatoms. The van der Waals surface area contributed by atoms with Gasteiger partial charge in [0.2, 0.25) is 0 Å². The summed E-state index contributed by atoms with van der Waals surface area (Å²) >= 11 is 1.76. The molecule has 0 fully saturated rings. The Bertz CT molecular complexity index is 720. The molecule has 17 heavy (non-hydrogen) atoms. The Morgan fingerprint density at radius 1 is 1.00 bits per heavy atom. The molecule has 0 saturated carbocycles. The van der Waals surface area contributed by atoms with Gasteiger partial charge in [-0.05, 0) is 28.5 Å². The average molecular weight is 241 g/mol. The van der Waals surface area contributed by atoms with E-state index < -0.39 is 0 Å². The molecule has 0 amide bonds. The van der Waals surface area contributed by atoms with Crippen LogP contribution in [0.15, 0.2) is 48.5 Å². The van der Waals surface area contributed by atoms with Crippen molar-refractivity contribution in [1.29, 1.82) is 0 Å². The van der Waals surface area contributed by atoms with Gasteiger partial charge in [-0.1, -0.05) is 35.6 Å². The van der Waals surface area contributed by atoms with E-state index in [-0.39, 0.29) is 0 Å². The van der Waals surface area contributed by atoms with Crippen molar-refractivity contribution in [2.75, 3.05) is 5.59 Å². The van der Waals surface area contributed by atoms with Gasteiger partial charge in [0.25, 0.3) is 5.52 Å². The Morgan fingerprint density at radius 3 is 2.82 bits per heavy atom. The maximum absolute atomic E-state index is 5.54. The average Bonchev–Trinajstić information content (AvgIpc) is 2.78. The van der Waals surface area contributed by atoms with Crippen LogP contribution in [0.5, 0.6) is 5.75 Å². The number of para-hydroxylation sites is 2. The van der Waals surface area contributed by atoms with E-state index in [2.05, 4.69) is 29.9 Å². The second kappa shape index (κ2) is 3.21. The van der Waals surface area contributed by atoms with E-state index >= 15 is 0 Å². The first-order valence-corrected chi connectivity index (χ1v) is 6.21. The molecule has 2 aromatic carbocycles. The van der Waals surface area contributed by atoms with Crippen molar-refractivity contribution in [3.05, 3.63) is 48.5 Å². The zero-order valence-electron chi connectivity index (χ0n) is 8.88. The van der Waals surface area contributed by atoms with Crippen molar-refractivity contribution >= 4 is 21.6 Å². The summed E-state index contributed by atoms with van der Waals surface area (Å²) < 4.78 is 3.23. The molecular weight excluding hydrogens is 232 g/mol. The van der Waals surface area contributed by atoms with Gasteiger partial charge in [-0.15, -0.1) is 0 Å². The number of benzene rings is 2. The van der Waals surface area contributed by atoms with Crippen LogP contribution in [-0.4, -0.2) is 0 Å². The van der Waals surface area contributed by atoms with Crippen LogP contribution in [0.3, 0.4) is 0 Å². The van der Waals surface area contributed by atoms with Crippen molar-refractivity contribution in [2.45, 2.75) is 0 Å². The largest absolute Gasteiger partial charge is 0.333 e. The third-order valence-electron chi connectivity index (χ3n) is 2.88. The smallest absolute Gasteiger partial charge is 0.306 e. The van der Waals surface area contributed by atoms with Crippen LogP contribution in [0.1, 0.15) is 0 Å². The van der Waals surface area contributed by atoms with Gasteiger partial charge in [0.15, 0.2) is 5.75 Å². The third-order valence-corrected chi connectivity index (χ3v) is 4.04. The van der Waals surface area contributed by atoms with E-state index in [4.69, 9.17) is 4.84 Å². The Balaban J connectivity index is 2.10. The SMILES string of the molecule is c1ccc2c(c1)ON[n+]1c-2sc2ccccc21. The molecule has 3 aromatic rings. The fourth-order valence-corrected chi connectivity index (χ4v) is 3.20. The number of thiazole rings is 1. The van der Waals surface area contributed by atoms with Crippen LogP contribution >= 0.6 is 11.3 Å². The van der Waals surface area contributed by atoms with E-state index in [1.165, 1.54) is 9.71 Å². The van der Waals surface area contributed by atoms with Crippen molar-refractivity contribution in [1.82, 2.24) is 0 Å². The summed E-state index contributed by atoms with van der Waals surface area (Å²) in [6.45, 7) is 0. The van der Waals surface area contributed by atoms with Gasteiger partial charge in [0, 0.05) is 6.07 Å². The van der Waals surface area contributed by atoms with E-state index in [0.29, 0.717) is 0 Å². The number of aromatic nitrogens is 1. The van der Waals surface area contributed by atoms with E-state index in [9.17, 15) is 0 Å². The van der Waals surface area contributed by atoms with Crippen molar-refractivity contribution in [3.8, 4) is 16.3 Å². The molecule has 0 unspecified atom stereocenters. The quantitative estimate of drug-likeness (QED) is 0.612. The second-order valence-electron chi connectivity index (χ2n) is 3.90. The van der Waals surface area contributed by atoms with Crippen LogP contribution in [0, 0.1) is 0 Å². The number of nitrogens with one attached hydrogen (secondary N) is 1. The van der Waals surface area contributed by atoms with Gasteiger partial charge < -0.3 is 4.84 Å². The zero-order chi connectivity index (χ0) is 11.2. The lowest BCUT2D eigenvalue weighted by molar-refractivity contribution is -0.636. The van der Waals surface area contributed by atoms with Gasteiger partial charge in [-0.3, -0.25) is 0 Å². The molecule has 0 radical (unpaired) electrons. The summed E-state index contributed by atoms with van der Waals surface area (Å²) in [4.78, 5) is 5.54. The lowest BCUT2D eigenvalue weighted by Gasteiger charge is -2.11. The molecule has 0 saturated heterocycles. The molecule has 82 valence electrons. The van der Waals surface area contributed by atoms with Crippen molar-refractivity contribution in [3.63, 3.8) is 0 Å². The monoisotopic (exact) mass is 241 g/mol. The molecule has 2 heterocycles. The summed E-state index contributed by atoms with van der Waals surface area (Å²) in [5.41, 5.74) is 5.24. The van der Waals surface area contributed by atoms with Gasteiger partial charge in [0.05, 0.1) is 0 Å². The number of rotatable bonds is 0. The summed E-state index contributed by atoms with van der Waals surface area (Å²) in [6.07, 6.45) is 0. The predicted molar refractivity (Wildman–Crippen MR) is 67.4 cm³/mol.